The van der Waals surface area contributed by atoms with E-state index >= 15 is 0 Å². The highest BCUT2D eigenvalue weighted by atomic mass is 32.1. The molecular weight excluding hydrogens is 368 g/mol. The molecule has 0 fully saturated rings. The van der Waals surface area contributed by atoms with Gasteiger partial charge in [0.05, 0.1) is 23.7 Å². The van der Waals surface area contributed by atoms with Crippen LogP contribution in [0.5, 0.6) is 5.75 Å². The predicted molar refractivity (Wildman–Crippen MR) is 103 cm³/mol. The second-order valence-electron chi connectivity index (χ2n) is 5.44. The maximum Gasteiger partial charge on any atom is 0.257 e. The molecule has 0 aliphatic heterocycles. The van der Waals surface area contributed by atoms with Crippen LogP contribution in [0.3, 0.4) is 0 Å². The number of rotatable bonds is 5. The number of thiazole rings is 1. The normalized spacial score (nSPS) is 10.8. The number of aromatic nitrogens is 3. The molecule has 0 saturated heterocycles. The van der Waals surface area contributed by atoms with Crippen LogP contribution in [0.25, 0.3) is 10.2 Å². The molecule has 2 aromatic carbocycles. The summed E-state index contributed by atoms with van der Waals surface area (Å²) in [7, 11) is 1.59. The summed E-state index contributed by atoms with van der Waals surface area (Å²) < 4.78 is 6.24. The standard InChI is InChI=1S/C18H14N4O2S2/c1-24-12-8-6-11(7-9-12)17(23)20-18-22-21-16(26-18)10-15-19-13-4-2-3-5-14(13)25-15/h2-9H,10H2,1H3,(H,20,22,23). The van der Waals surface area contributed by atoms with Gasteiger partial charge in [-0.05, 0) is 36.4 Å². The average Bonchev–Trinajstić information content (AvgIpc) is 3.28. The molecule has 1 N–H and O–H groups in total. The Kier molecular flexibility index (Phi) is 4.59. The van der Waals surface area contributed by atoms with Crippen molar-refractivity contribution in [1.82, 2.24) is 15.2 Å². The van der Waals surface area contributed by atoms with E-state index in [0.29, 0.717) is 22.9 Å². The van der Waals surface area contributed by atoms with Crippen LogP contribution in [0.4, 0.5) is 5.13 Å². The van der Waals surface area contributed by atoms with E-state index in [-0.39, 0.29) is 5.91 Å². The van der Waals surface area contributed by atoms with E-state index in [2.05, 4.69) is 26.6 Å². The first kappa shape index (κ1) is 16.6. The third-order valence-electron chi connectivity index (χ3n) is 3.68. The summed E-state index contributed by atoms with van der Waals surface area (Å²) in [6.45, 7) is 0. The smallest absolute Gasteiger partial charge is 0.257 e. The van der Waals surface area contributed by atoms with Crippen molar-refractivity contribution in [2.45, 2.75) is 6.42 Å². The van der Waals surface area contributed by atoms with E-state index in [4.69, 9.17) is 4.74 Å². The van der Waals surface area contributed by atoms with E-state index in [1.165, 1.54) is 11.3 Å². The number of amides is 1. The first-order valence-electron chi connectivity index (χ1n) is 7.83. The molecule has 2 aromatic heterocycles. The molecule has 8 heteroatoms. The van der Waals surface area contributed by atoms with Gasteiger partial charge in [0.15, 0.2) is 0 Å². The molecule has 0 aliphatic rings. The molecule has 0 spiro atoms. The fourth-order valence-corrected chi connectivity index (χ4v) is 4.21. The molecule has 0 aliphatic carbocycles. The van der Waals surface area contributed by atoms with Crippen LogP contribution in [0.15, 0.2) is 48.5 Å². The van der Waals surface area contributed by atoms with Gasteiger partial charge in [0.1, 0.15) is 15.8 Å². The molecule has 2 heterocycles. The molecule has 26 heavy (non-hydrogen) atoms. The third kappa shape index (κ3) is 3.56. The van der Waals surface area contributed by atoms with Crippen molar-refractivity contribution >= 4 is 43.9 Å². The quantitative estimate of drug-likeness (QED) is 0.564. The number of para-hydroxylation sites is 1. The number of benzene rings is 2. The largest absolute Gasteiger partial charge is 0.497 e. The summed E-state index contributed by atoms with van der Waals surface area (Å²) in [5.74, 6) is 0.478. The molecular formula is C18H14N4O2S2. The van der Waals surface area contributed by atoms with Crippen molar-refractivity contribution in [3.63, 3.8) is 0 Å². The molecule has 0 saturated carbocycles. The molecule has 4 rings (SSSR count). The number of carbonyl (C=O) groups excluding carboxylic acids is 1. The van der Waals surface area contributed by atoms with Gasteiger partial charge in [0.25, 0.3) is 5.91 Å². The SMILES string of the molecule is COc1ccc(C(=O)Nc2nnc(Cc3nc4ccccc4s3)s2)cc1. The number of ether oxygens (including phenoxy) is 1. The van der Waals surface area contributed by atoms with Gasteiger partial charge in [-0.2, -0.15) is 0 Å². The number of fused-ring (bicyclic) bond motifs is 1. The maximum atomic E-state index is 12.3. The van der Waals surface area contributed by atoms with Gasteiger partial charge in [-0.3, -0.25) is 10.1 Å². The van der Waals surface area contributed by atoms with Gasteiger partial charge in [0.2, 0.25) is 5.13 Å². The lowest BCUT2D eigenvalue weighted by Crippen LogP contribution is -2.11. The summed E-state index contributed by atoms with van der Waals surface area (Å²) in [5, 5.41) is 13.3. The minimum atomic E-state index is -0.227. The number of nitrogens with one attached hydrogen (secondary N) is 1. The number of hydrogen-bond donors (Lipinski definition) is 1. The Morgan fingerprint density at radius 3 is 2.62 bits per heavy atom. The van der Waals surface area contributed by atoms with Crippen molar-refractivity contribution in [3.05, 3.63) is 64.1 Å². The van der Waals surface area contributed by atoms with Crippen LogP contribution in [0, 0.1) is 0 Å². The summed E-state index contributed by atoms with van der Waals surface area (Å²) in [6, 6.07) is 14.9. The zero-order chi connectivity index (χ0) is 17.9. The van der Waals surface area contributed by atoms with Gasteiger partial charge < -0.3 is 4.74 Å². The third-order valence-corrected chi connectivity index (χ3v) is 5.56. The van der Waals surface area contributed by atoms with Crippen LogP contribution >= 0.6 is 22.7 Å². The first-order valence-corrected chi connectivity index (χ1v) is 9.47. The van der Waals surface area contributed by atoms with Gasteiger partial charge in [-0.25, -0.2) is 4.98 Å². The Balaban J connectivity index is 1.44. The van der Waals surface area contributed by atoms with Gasteiger partial charge in [0, 0.05) is 5.56 Å². The van der Waals surface area contributed by atoms with Crippen LogP contribution < -0.4 is 10.1 Å². The van der Waals surface area contributed by atoms with E-state index in [1.54, 1.807) is 42.7 Å². The molecule has 4 aromatic rings. The van der Waals surface area contributed by atoms with Crippen LogP contribution in [0.2, 0.25) is 0 Å². The van der Waals surface area contributed by atoms with E-state index in [9.17, 15) is 4.79 Å². The minimum Gasteiger partial charge on any atom is -0.497 e. The van der Waals surface area contributed by atoms with E-state index < -0.39 is 0 Å². The highest BCUT2D eigenvalue weighted by Crippen LogP contribution is 2.25. The zero-order valence-corrected chi connectivity index (χ0v) is 15.4. The lowest BCUT2D eigenvalue weighted by atomic mass is 10.2. The number of hydrogen-bond acceptors (Lipinski definition) is 7. The Bertz CT molecular complexity index is 1020. The lowest BCUT2D eigenvalue weighted by molar-refractivity contribution is 0.102. The molecule has 130 valence electrons. The number of carbonyl (C=O) groups is 1. The Morgan fingerprint density at radius 1 is 1.04 bits per heavy atom. The highest BCUT2D eigenvalue weighted by molar-refractivity contribution is 7.19. The Morgan fingerprint density at radius 2 is 1.85 bits per heavy atom. The zero-order valence-electron chi connectivity index (χ0n) is 13.8. The molecule has 0 unspecified atom stereocenters. The van der Waals surface area contributed by atoms with Crippen molar-refractivity contribution in [2.24, 2.45) is 0 Å². The summed E-state index contributed by atoms with van der Waals surface area (Å²) in [4.78, 5) is 16.9. The summed E-state index contributed by atoms with van der Waals surface area (Å²) in [5.41, 5.74) is 1.53. The Labute approximate surface area is 157 Å². The highest BCUT2D eigenvalue weighted by Gasteiger charge is 2.12. The number of anilines is 1. The lowest BCUT2D eigenvalue weighted by Gasteiger charge is -2.02. The topological polar surface area (TPSA) is 77.0 Å². The fraction of sp³-hybridized carbons (Fsp3) is 0.111. The number of methoxy groups -OCH3 is 1. The van der Waals surface area contributed by atoms with Crippen molar-refractivity contribution < 1.29 is 9.53 Å². The van der Waals surface area contributed by atoms with Crippen LogP contribution in [0.1, 0.15) is 20.4 Å². The minimum absolute atomic E-state index is 0.227. The Hall–Kier alpha value is -2.84. The monoisotopic (exact) mass is 382 g/mol. The van der Waals surface area contributed by atoms with Gasteiger partial charge >= 0.3 is 0 Å². The van der Waals surface area contributed by atoms with Crippen molar-refractivity contribution in [1.29, 1.82) is 0 Å². The van der Waals surface area contributed by atoms with Crippen LogP contribution in [-0.2, 0) is 6.42 Å². The van der Waals surface area contributed by atoms with Gasteiger partial charge in [-0.15, -0.1) is 21.5 Å². The summed E-state index contributed by atoms with van der Waals surface area (Å²) in [6.07, 6.45) is 0.607. The average molecular weight is 382 g/mol. The molecule has 0 atom stereocenters. The fourth-order valence-electron chi connectivity index (χ4n) is 2.41. The molecule has 0 bridgehead atoms. The molecule has 0 radical (unpaired) electrons. The van der Waals surface area contributed by atoms with Crippen molar-refractivity contribution in [3.8, 4) is 5.75 Å². The molecule has 6 nitrogen and oxygen atoms in total. The molecule has 1 amide bonds. The van der Waals surface area contributed by atoms with Crippen LogP contribution in [-0.4, -0.2) is 28.2 Å². The van der Waals surface area contributed by atoms with E-state index in [1.807, 2.05) is 18.2 Å². The predicted octanol–water partition coefficient (Wildman–Crippen LogP) is 4.00. The second kappa shape index (κ2) is 7.19. The number of nitrogens with zero attached hydrogens (tertiary/aromatic N) is 3. The second-order valence-corrected chi connectivity index (χ2v) is 7.61. The van der Waals surface area contributed by atoms with Gasteiger partial charge in [-0.1, -0.05) is 23.5 Å². The van der Waals surface area contributed by atoms with Crippen molar-refractivity contribution in [2.75, 3.05) is 12.4 Å². The summed E-state index contributed by atoms with van der Waals surface area (Å²) >= 11 is 3.00. The maximum absolute atomic E-state index is 12.3. The first-order chi connectivity index (χ1) is 12.7. The van der Waals surface area contributed by atoms with E-state index in [0.717, 1.165) is 20.2 Å².